The van der Waals surface area contributed by atoms with Crippen molar-refractivity contribution < 1.29 is 9.53 Å². The monoisotopic (exact) mass is 210 g/mol. The molecule has 0 unspecified atom stereocenters. The summed E-state index contributed by atoms with van der Waals surface area (Å²) >= 11 is 0. The Morgan fingerprint density at radius 3 is 2.47 bits per heavy atom. The molecule has 4 N–H and O–H groups in total. The Kier molecular flexibility index (Phi) is 7.23. The van der Waals surface area contributed by atoms with Crippen molar-refractivity contribution in [3.63, 3.8) is 0 Å². The van der Waals surface area contributed by atoms with Gasteiger partial charge in [-0.15, -0.1) is 0 Å². The van der Waals surface area contributed by atoms with Gasteiger partial charge in [-0.3, -0.25) is 4.79 Å². The van der Waals surface area contributed by atoms with Crippen LogP contribution < -0.4 is 11.5 Å². The number of carbonyl (C=O) groups excluding carboxylic acids is 1. The van der Waals surface area contributed by atoms with E-state index in [0.717, 1.165) is 12.0 Å². The van der Waals surface area contributed by atoms with Crippen LogP contribution in [0.2, 0.25) is 0 Å². The van der Waals surface area contributed by atoms with Crippen molar-refractivity contribution in [3.05, 3.63) is 35.4 Å². The minimum absolute atomic E-state index is 0.383. The zero-order valence-electron chi connectivity index (χ0n) is 9.19. The number of hydrogen-bond acceptors (Lipinski definition) is 3. The highest BCUT2D eigenvalue weighted by Crippen LogP contribution is 2.08. The molecule has 0 saturated heterocycles. The van der Waals surface area contributed by atoms with Gasteiger partial charge in [-0.25, -0.2) is 0 Å². The van der Waals surface area contributed by atoms with Crippen LogP contribution in [-0.2, 0) is 11.2 Å². The van der Waals surface area contributed by atoms with Crippen molar-refractivity contribution in [3.8, 4) is 0 Å². The average molecular weight is 210 g/mol. The van der Waals surface area contributed by atoms with Crippen molar-refractivity contribution in [1.29, 1.82) is 0 Å². The van der Waals surface area contributed by atoms with E-state index in [1.54, 1.807) is 19.2 Å². The number of benzene rings is 1. The van der Waals surface area contributed by atoms with Crippen LogP contribution >= 0.6 is 0 Å². The molecule has 0 aliphatic carbocycles. The smallest absolute Gasteiger partial charge is 0.248 e. The van der Waals surface area contributed by atoms with E-state index in [1.807, 2.05) is 12.1 Å². The minimum atomic E-state index is -0.383. The van der Waals surface area contributed by atoms with Crippen LogP contribution in [0.1, 0.15) is 15.9 Å². The van der Waals surface area contributed by atoms with E-state index >= 15 is 0 Å². The summed E-state index contributed by atoms with van der Waals surface area (Å²) in [5, 5.41) is 0. The van der Waals surface area contributed by atoms with Gasteiger partial charge in [-0.05, 0) is 25.1 Å². The van der Waals surface area contributed by atoms with E-state index < -0.39 is 0 Å². The molecule has 4 heteroatoms. The van der Waals surface area contributed by atoms with Crippen LogP contribution in [0.15, 0.2) is 24.3 Å². The fourth-order valence-electron chi connectivity index (χ4n) is 1.19. The molecule has 0 atom stereocenters. The summed E-state index contributed by atoms with van der Waals surface area (Å²) < 4.78 is 4.93. The third-order valence-corrected chi connectivity index (χ3v) is 1.86. The highest BCUT2D eigenvalue weighted by molar-refractivity contribution is 5.94. The molecule has 0 radical (unpaired) electrons. The van der Waals surface area contributed by atoms with Crippen molar-refractivity contribution >= 4 is 5.91 Å². The molecule has 0 spiro atoms. The van der Waals surface area contributed by atoms with Crippen LogP contribution in [0.25, 0.3) is 0 Å². The standard InChI is InChI=1S/C10H13NO2.CH5N/c1-13-7-6-8-4-2-3-5-9(8)10(11)12;1-2/h2-5H,6-7H2,1H3,(H2,11,12);2H2,1H3. The first-order valence-corrected chi connectivity index (χ1v) is 4.70. The van der Waals surface area contributed by atoms with Crippen molar-refractivity contribution in [1.82, 2.24) is 0 Å². The van der Waals surface area contributed by atoms with Gasteiger partial charge in [0.15, 0.2) is 0 Å². The number of methoxy groups -OCH3 is 1. The maximum absolute atomic E-state index is 11.0. The first-order chi connectivity index (χ1) is 7.25. The van der Waals surface area contributed by atoms with Gasteiger partial charge in [0.25, 0.3) is 0 Å². The van der Waals surface area contributed by atoms with E-state index in [1.165, 1.54) is 7.05 Å². The molecular weight excluding hydrogens is 192 g/mol. The summed E-state index contributed by atoms with van der Waals surface area (Å²) in [5.74, 6) is -0.383. The number of nitrogens with two attached hydrogens (primary N) is 2. The zero-order chi connectivity index (χ0) is 11.7. The van der Waals surface area contributed by atoms with Crippen LogP contribution in [0.3, 0.4) is 0 Å². The van der Waals surface area contributed by atoms with Gasteiger partial charge in [0.1, 0.15) is 0 Å². The summed E-state index contributed by atoms with van der Waals surface area (Å²) in [6, 6.07) is 7.31. The predicted octanol–water partition coefficient (Wildman–Crippen LogP) is 0.549. The maximum atomic E-state index is 11.0. The Morgan fingerprint density at radius 1 is 1.33 bits per heavy atom. The Morgan fingerprint density at radius 2 is 1.93 bits per heavy atom. The normalized spacial score (nSPS) is 9.00. The van der Waals surface area contributed by atoms with E-state index in [9.17, 15) is 4.79 Å². The molecule has 4 nitrogen and oxygen atoms in total. The Labute approximate surface area is 90.2 Å². The first-order valence-electron chi connectivity index (χ1n) is 4.70. The topological polar surface area (TPSA) is 78.3 Å². The molecule has 0 aliphatic heterocycles. The first kappa shape index (κ1) is 13.6. The third kappa shape index (κ3) is 4.58. The number of carbonyl (C=O) groups is 1. The lowest BCUT2D eigenvalue weighted by Gasteiger charge is -2.04. The van der Waals surface area contributed by atoms with Gasteiger partial charge >= 0.3 is 0 Å². The lowest BCUT2D eigenvalue weighted by atomic mass is 10.0. The molecule has 15 heavy (non-hydrogen) atoms. The molecule has 1 aromatic rings. The van der Waals surface area contributed by atoms with Crippen LogP contribution in [0.5, 0.6) is 0 Å². The average Bonchev–Trinajstić information content (AvgIpc) is 2.29. The molecule has 0 saturated carbocycles. The predicted molar refractivity (Wildman–Crippen MR) is 60.7 cm³/mol. The number of primary amides is 1. The number of amides is 1. The summed E-state index contributed by atoms with van der Waals surface area (Å²) in [4.78, 5) is 11.0. The summed E-state index contributed by atoms with van der Waals surface area (Å²) in [5.41, 5.74) is 11.2. The van der Waals surface area contributed by atoms with Crippen molar-refractivity contribution in [2.45, 2.75) is 6.42 Å². The van der Waals surface area contributed by atoms with Crippen LogP contribution in [-0.4, -0.2) is 26.7 Å². The molecule has 0 fully saturated rings. The second-order valence-electron chi connectivity index (χ2n) is 2.76. The summed E-state index contributed by atoms with van der Waals surface area (Å²) in [7, 11) is 3.13. The van der Waals surface area contributed by atoms with E-state index in [2.05, 4.69) is 5.73 Å². The van der Waals surface area contributed by atoms with Crippen molar-refractivity contribution in [2.24, 2.45) is 11.5 Å². The summed E-state index contributed by atoms with van der Waals surface area (Å²) in [6.07, 6.45) is 0.718. The van der Waals surface area contributed by atoms with E-state index in [0.29, 0.717) is 12.2 Å². The highest BCUT2D eigenvalue weighted by atomic mass is 16.5. The maximum Gasteiger partial charge on any atom is 0.248 e. The van der Waals surface area contributed by atoms with Gasteiger partial charge in [0, 0.05) is 12.7 Å². The molecule has 0 aliphatic rings. The van der Waals surface area contributed by atoms with Gasteiger partial charge in [0.05, 0.1) is 6.61 Å². The SMILES string of the molecule is CN.COCCc1ccccc1C(N)=O. The molecule has 1 rings (SSSR count). The molecule has 0 bridgehead atoms. The minimum Gasteiger partial charge on any atom is -0.384 e. The van der Waals surface area contributed by atoms with Crippen LogP contribution in [0.4, 0.5) is 0 Å². The largest absolute Gasteiger partial charge is 0.384 e. The third-order valence-electron chi connectivity index (χ3n) is 1.86. The molecule has 1 amide bonds. The Bertz CT molecular complexity index is 300. The van der Waals surface area contributed by atoms with E-state index in [-0.39, 0.29) is 5.91 Å². The Balaban J connectivity index is 0.000000921. The van der Waals surface area contributed by atoms with E-state index in [4.69, 9.17) is 10.5 Å². The zero-order valence-corrected chi connectivity index (χ0v) is 9.19. The van der Waals surface area contributed by atoms with Gasteiger partial charge < -0.3 is 16.2 Å². The second kappa shape index (κ2) is 7.96. The fourth-order valence-corrected chi connectivity index (χ4v) is 1.19. The highest BCUT2D eigenvalue weighted by Gasteiger charge is 2.05. The van der Waals surface area contributed by atoms with Crippen LogP contribution in [0, 0.1) is 0 Å². The number of hydrogen-bond donors (Lipinski definition) is 2. The quantitative estimate of drug-likeness (QED) is 0.761. The fraction of sp³-hybridized carbons (Fsp3) is 0.364. The Hall–Kier alpha value is -1.39. The molecule has 1 aromatic carbocycles. The number of ether oxygens (including phenoxy) is 1. The molecule has 0 aromatic heterocycles. The molecule has 84 valence electrons. The lowest BCUT2D eigenvalue weighted by Crippen LogP contribution is -2.14. The lowest BCUT2D eigenvalue weighted by molar-refractivity contribution is 0.0999. The van der Waals surface area contributed by atoms with Gasteiger partial charge in [-0.2, -0.15) is 0 Å². The molecular formula is C11H18N2O2. The van der Waals surface area contributed by atoms with Gasteiger partial charge in [-0.1, -0.05) is 18.2 Å². The molecule has 0 heterocycles. The number of rotatable bonds is 4. The second-order valence-corrected chi connectivity index (χ2v) is 2.76. The summed E-state index contributed by atoms with van der Waals surface area (Å²) in [6.45, 7) is 0.601. The van der Waals surface area contributed by atoms with Gasteiger partial charge in [0.2, 0.25) is 5.91 Å². The van der Waals surface area contributed by atoms with Crippen molar-refractivity contribution in [2.75, 3.05) is 20.8 Å².